The van der Waals surface area contributed by atoms with Crippen molar-refractivity contribution < 1.29 is 19.0 Å². The summed E-state index contributed by atoms with van der Waals surface area (Å²) in [5, 5.41) is 7.82. The highest BCUT2D eigenvalue weighted by Crippen LogP contribution is 2.28. The lowest BCUT2D eigenvalue weighted by Gasteiger charge is -2.29. The van der Waals surface area contributed by atoms with Crippen molar-refractivity contribution in [3.05, 3.63) is 119 Å². The maximum Gasteiger partial charge on any atom is 0.253 e. The van der Waals surface area contributed by atoms with Crippen molar-refractivity contribution in [2.75, 3.05) is 33.9 Å². The predicted octanol–water partition coefficient (Wildman–Crippen LogP) is 6.77. The highest BCUT2D eigenvalue weighted by molar-refractivity contribution is 5.94. The second-order valence-corrected chi connectivity index (χ2v) is 11.3. The number of hydrogen-bond acceptors (Lipinski definition) is 6. The van der Waals surface area contributed by atoms with Gasteiger partial charge in [0.2, 0.25) is 0 Å². The maximum absolute atomic E-state index is 13.5. The Kier molecular flexibility index (Phi) is 11.6. The largest absolute Gasteiger partial charge is 0.497 e. The quantitative estimate of drug-likeness (QED) is 0.167. The summed E-state index contributed by atoms with van der Waals surface area (Å²) >= 11 is 0. The number of amides is 1. The molecule has 1 heterocycles. The van der Waals surface area contributed by atoms with Gasteiger partial charge in [0.05, 0.1) is 33.9 Å². The monoisotopic (exact) mass is 583 g/mol. The first-order valence-corrected chi connectivity index (χ1v) is 14.9. The molecule has 1 amide bonds. The van der Waals surface area contributed by atoms with Crippen LogP contribution in [0.2, 0.25) is 0 Å². The molecular weight excluding hydrogens is 538 g/mol. The van der Waals surface area contributed by atoms with Crippen molar-refractivity contribution in [2.24, 2.45) is 0 Å². The van der Waals surface area contributed by atoms with Crippen LogP contribution in [0.25, 0.3) is 0 Å². The highest BCUT2D eigenvalue weighted by atomic mass is 16.5. The number of ether oxygens (including phenoxy) is 3. The molecule has 1 N–H and O–H groups in total. The van der Waals surface area contributed by atoms with Crippen LogP contribution in [-0.4, -0.2) is 55.6 Å². The molecule has 7 nitrogen and oxygen atoms in total. The Morgan fingerprint density at radius 2 is 1.33 bits per heavy atom. The van der Waals surface area contributed by atoms with Crippen LogP contribution in [0.4, 0.5) is 0 Å². The van der Waals surface area contributed by atoms with Gasteiger partial charge >= 0.3 is 0 Å². The van der Waals surface area contributed by atoms with E-state index >= 15 is 0 Å². The van der Waals surface area contributed by atoms with E-state index in [1.807, 2.05) is 54.6 Å². The van der Waals surface area contributed by atoms with Crippen LogP contribution in [0.3, 0.4) is 0 Å². The summed E-state index contributed by atoms with van der Waals surface area (Å²) in [6.07, 6.45) is 6.37. The Morgan fingerprint density at radius 3 is 1.81 bits per heavy atom. The van der Waals surface area contributed by atoms with Gasteiger partial charge in [0, 0.05) is 18.7 Å². The van der Waals surface area contributed by atoms with Crippen molar-refractivity contribution in [1.82, 2.24) is 15.3 Å². The van der Waals surface area contributed by atoms with Crippen LogP contribution >= 0.6 is 0 Å². The second-order valence-electron chi connectivity index (χ2n) is 11.3. The minimum absolute atomic E-state index is 0.152. The third kappa shape index (κ3) is 9.55. The van der Waals surface area contributed by atoms with Gasteiger partial charge in [-0.05, 0) is 81.1 Å². The molecule has 0 spiro atoms. The summed E-state index contributed by atoms with van der Waals surface area (Å²) in [7, 11) is 3.34. The van der Waals surface area contributed by atoms with Gasteiger partial charge < -0.3 is 19.5 Å². The van der Waals surface area contributed by atoms with Gasteiger partial charge in [-0.3, -0.25) is 4.79 Å². The van der Waals surface area contributed by atoms with Crippen LogP contribution in [0, 0.1) is 0 Å². The molecule has 228 valence electrons. The lowest BCUT2D eigenvalue weighted by atomic mass is 10.1. The van der Waals surface area contributed by atoms with E-state index in [0.29, 0.717) is 38.3 Å². The van der Waals surface area contributed by atoms with Crippen molar-refractivity contribution in [3.8, 4) is 11.5 Å². The van der Waals surface area contributed by atoms with Crippen LogP contribution in [-0.2, 0) is 17.8 Å². The zero-order valence-electron chi connectivity index (χ0n) is 26.1. The summed E-state index contributed by atoms with van der Waals surface area (Å²) in [4.78, 5) is 13.5. The van der Waals surface area contributed by atoms with Gasteiger partial charge in [0.25, 0.3) is 5.91 Å². The Bertz CT molecular complexity index is 1310. The van der Waals surface area contributed by atoms with Crippen LogP contribution in [0.5, 0.6) is 11.5 Å². The zero-order valence-corrected chi connectivity index (χ0v) is 26.1. The van der Waals surface area contributed by atoms with Crippen molar-refractivity contribution in [2.45, 2.75) is 52.4 Å². The summed E-state index contributed by atoms with van der Waals surface area (Å²) in [5.41, 5.74) is 4.56. The van der Waals surface area contributed by atoms with Gasteiger partial charge in [0.15, 0.2) is 5.72 Å². The molecule has 1 aliphatic rings. The molecule has 3 aromatic rings. The number of allylic oxidation sites excluding steroid dienone is 3. The molecule has 1 fully saturated rings. The summed E-state index contributed by atoms with van der Waals surface area (Å²) in [6, 6.07) is 25.5. The number of nitrogens with zero attached hydrogens (tertiary/aromatic N) is 2. The highest BCUT2D eigenvalue weighted by Gasteiger charge is 2.45. The number of benzene rings is 3. The molecule has 0 saturated carbocycles. The normalized spacial score (nSPS) is 15.2. The lowest BCUT2D eigenvalue weighted by molar-refractivity contribution is -0.0358. The molecule has 7 heteroatoms. The first-order chi connectivity index (χ1) is 20.8. The molecule has 3 aromatic carbocycles. The van der Waals surface area contributed by atoms with Gasteiger partial charge in [-0.25, -0.2) is 10.0 Å². The van der Waals surface area contributed by atoms with Crippen molar-refractivity contribution in [3.63, 3.8) is 0 Å². The number of carbonyl (C=O) groups excluding carboxylic acids is 1. The number of hydrogen-bond donors (Lipinski definition) is 1. The number of carbonyl (C=O) groups is 1. The van der Waals surface area contributed by atoms with Gasteiger partial charge in [-0.15, -0.1) is 0 Å². The van der Waals surface area contributed by atoms with Gasteiger partial charge in [0.1, 0.15) is 11.5 Å². The van der Waals surface area contributed by atoms with E-state index in [0.717, 1.165) is 35.5 Å². The molecule has 0 aromatic heterocycles. The van der Waals surface area contributed by atoms with Crippen LogP contribution in [0.1, 0.15) is 55.1 Å². The molecule has 0 unspecified atom stereocenters. The maximum atomic E-state index is 13.5. The number of hydrazine groups is 1. The van der Waals surface area contributed by atoms with Crippen molar-refractivity contribution >= 4 is 5.91 Å². The third-order valence-electron chi connectivity index (χ3n) is 7.58. The molecule has 0 atom stereocenters. The zero-order chi connectivity index (χ0) is 30.7. The second kappa shape index (κ2) is 15.5. The molecule has 1 saturated heterocycles. The molecule has 0 bridgehead atoms. The van der Waals surface area contributed by atoms with E-state index in [2.05, 4.69) is 72.5 Å². The SMILES string of the molecule is COc1ccc(CN2CC(NC(=O)c3ccccc3)(OC/C=C(\C)CCC=C(C)C)CN2Cc2ccc(OC)cc2)cc1. The molecule has 0 aliphatic carbocycles. The van der Waals surface area contributed by atoms with E-state index in [-0.39, 0.29) is 5.91 Å². The van der Waals surface area contributed by atoms with E-state index in [4.69, 9.17) is 14.2 Å². The fourth-order valence-electron chi connectivity index (χ4n) is 5.14. The van der Waals surface area contributed by atoms with Crippen molar-refractivity contribution in [1.29, 1.82) is 0 Å². The van der Waals surface area contributed by atoms with Gasteiger partial charge in [-0.2, -0.15) is 0 Å². The Balaban J connectivity index is 1.59. The molecule has 4 rings (SSSR count). The summed E-state index contributed by atoms with van der Waals surface area (Å²) in [6.45, 7) is 9.10. The van der Waals surface area contributed by atoms with E-state index in [9.17, 15) is 4.79 Å². The smallest absolute Gasteiger partial charge is 0.253 e. The van der Waals surface area contributed by atoms with E-state index < -0.39 is 5.72 Å². The van der Waals surface area contributed by atoms with Gasteiger partial charge in [-0.1, -0.05) is 65.8 Å². The average molecular weight is 584 g/mol. The molecule has 1 aliphatic heterocycles. The fourth-order valence-corrected chi connectivity index (χ4v) is 5.14. The summed E-state index contributed by atoms with van der Waals surface area (Å²) < 4.78 is 17.4. The third-order valence-corrected chi connectivity index (χ3v) is 7.58. The first-order valence-electron chi connectivity index (χ1n) is 14.9. The molecule has 0 radical (unpaired) electrons. The van der Waals surface area contributed by atoms with E-state index in [1.54, 1.807) is 14.2 Å². The average Bonchev–Trinajstić information content (AvgIpc) is 3.33. The molecular formula is C36H45N3O4. The Hall–Kier alpha value is -3.91. The fraction of sp³-hybridized carbons (Fsp3) is 0.361. The number of methoxy groups -OCH3 is 2. The molecule has 43 heavy (non-hydrogen) atoms. The van der Waals surface area contributed by atoms with Crippen LogP contribution < -0.4 is 14.8 Å². The Morgan fingerprint density at radius 1 is 0.791 bits per heavy atom. The van der Waals surface area contributed by atoms with E-state index in [1.165, 1.54) is 11.1 Å². The minimum atomic E-state index is -0.914. The van der Waals surface area contributed by atoms with Crippen LogP contribution in [0.15, 0.2) is 102 Å². The standard InChI is InChI=1S/C36H45N3O4/c1-28(2)10-9-11-29(3)22-23-43-36(37-35(40)32-12-7-6-8-13-32)26-38(24-30-14-18-33(41-4)19-15-30)39(27-36)25-31-16-20-34(42-5)21-17-31/h6-8,10,12-22H,9,11,23-27H2,1-5H3,(H,37,40)/b29-22+. The topological polar surface area (TPSA) is 63.3 Å². The predicted molar refractivity (Wildman–Crippen MR) is 172 cm³/mol. The minimum Gasteiger partial charge on any atom is -0.497 e. The summed E-state index contributed by atoms with van der Waals surface area (Å²) in [5.74, 6) is 1.49. The lowest BCUT2D eigenvalue weighted by Crippen LogP contribution is -2.55. The number of rotatable bonds is 14. The first kappa shape index (κ1) is 32.0. The number of nitrogens with one attached hydrogen (secondary N) is 1. The Labute approximate surface area is 256 Å².